The Hall–Kier alpha value is -0.810. The molecule has 5 heteroatoms. The lowest BCUT2D eigenvalue weighted by Gasteiger charge is -1.93. The van der Waals surface area contributed by atoms with Crippen LogP contribution in [-0.4, -0.2) is 5.16 Å². The minimum atomic E-state index is 0.426. The summed E-state index contributed by atoms with van der Waals surface area (Å²) in [6, 6.07) is 2.09. The van der Waals surface area contributed by atoms with Crippen molar-refractivity contribution in [1.29, 1.82) is 0 Å². The number of nitrogens with zero attached hydrogens (tertiary/aromatic N) is 1. The fourth-order valence-electron chi connectivity index (χ4n) is 1.43. The van der Waals surface area contributed by atoms with Crippen LogP contribution in [0.2, 0.25) is 0 Å². The fraction of sp³-hybridized carbons (Fsp3) is 0.300. The second-order valence-corrected chi connectivity index (χ2v) is 5.67. The van der Waals surface area contributed by atoms with E-state index in [1.807, 2.05) is 6.92 Å². The minimum absolute atomic E-state index is 0.426. The maximum Gasteiger partial charge on any atom is 0.225 e. The fourth-order valence-corrected chi connectivity index (χ4v) is 2.98. The molecule has 0 radical (unpaired) electrons. The number of anilines is 1. The van der Waals surface area contributed by atoms with Crippen LogP contribution in [0.3, 0.4) is 0 Å². The Bertz CT molecular complexity index is 470. The Morgan fingerprint density at radius 3 is 2.87 bits per heavy atom. The Labute approximate surface area is 100 Å². The van der Waals surface area contributed by atoms with Crippen molar-refractivity contribution >= 4 is 33.2 Å². The summed E-state index contributed by atoms with van der Waals surface area (Å²) in [4.78, 5) is 1.09. The SMILES string of the molecule is CCc1c(-c2cc(C)c(Br)s2)noc1N. The van der Waals surface area contributed by atoms with Crippen LogP contribution >= 0.6 is 27.3 Å². The first-order valence-electron chi connectivity index (χ1n) is 4.63. The van der Waals surface area contributed by atoms with Crippen LogP contribution in [0.4, 0.5) is 5.88 Å². The van der Waals surface area contributed by atoms with Gasteiger partial charge in [0.2, 0.25) is 5.88 Å². The summed E-state index contributed by atoms with van der Waals surface area (Å²) in [5, 5.41) is 4.00. The van der Waals surface area contributed by atoms with E-state index in [2.05, 4.69) is 34.1 Å². The molecule has 3 nitrogen and oxygen atoms in total. The monoisotopic (exact) mass is 286 g/mol. The van der Waals surface area contributed by atoms with E-state index >= 15 is 0 Å². The predicted molar refractivity (Wildman–Crippen MR) is 66.0 cm³/mol. The van der Waals surface area contributed by atoms with Crippen molar-refractivity contribution in [2.24, 2.45) is 0 Å². The summed E-state index contributed by atoms with van der Waals surface area (Å²) in [6.45, 7) is 4.10. The number of aryl methyl sites for hydroxylation is 1. The van der Waals surface area contributed by atoms with Gasteiger partial charge in [-0.05, 0) is 40.9 Å². The van der Waals surface area contributed by atoms with Gasteiger partial charge in [0.05, 0.1) is 8.66 Å². The second kappa shape index (κ2) is 3.98. The van der Waals surface area contributed by atoms with Crippen molar-refractivity contribution in [3.8, 4) is 10.6 Å². The Morgan fingerprint density at radius 1 is 1.60 bits per heavy atom. The van der Waals surface area contributed by atoms with Crippen LogP contribution in [0.5, 0.6) is 0 Å². The summed E-state index contributed by atoms with van der Waals surface area (Å²) in [5.74, 6) is 0.426. The van der Waals surface area contributed by atoms with Gasteiger partial charge in [0.15, 0.2) is 0 Å². The molecule has 0 aliphatic heterocycles. The third-order valence-electron chi connectivity index (χ3n) is 2.26. The Morgan fingerprint density at radius 2 is 2.33 bits per heavy atom. The molecule has 2 N–H and O–H groups in total. The van der Waals surface area contributed by atoms with Crippen molar-refractivity contribution in [3.05, 3.63) is 21.0 Å². The smallest absolute Gasteiger partial charge is 0.225 e. The quantitative estimate of drug-likeness (QED) is 0.917. The summed E-state index contributed by atoms with van der Waals surface area (Å²) >= 11 is 5.14. The van der Waals surface area contributed by atoms with Gasteiger partial charge in [-0.3, -0.25) is 0 Å². The van der Waals surface area contributed by atoms with Gasteiger partial charge in [0.25, 0.3) is 0 Å². The average molecular weight is 287 g/mol. The molecule has 0 amide bonds. The zero-order valence-corrected chi connectivity index (χ0v) is 10.9. The molecule has 0 aliphatic carbocycles. The van der Waals surface area contributed by atoms with Crippen molar-refractivity contribution in [2.75, 3.05) is 5.73 Å². The maximum atomic E-state index is 5.70. The first-order valence-corrected chi connectivity index (χ1v) is 6.24. The molecule has 2 aromatic rings. The number of aromatic nitrogens is 1. The summed E-state index contributed by atoms with van der Waals surface area (Å²) in [6.07, 6.45) is 0.833. The molecule has 0 spiro atoms. The predicted octanol–water partition coefficient (Wildman–Crippen LogP) is 3.62. The van der Waals surface area contributed by atoms with Gasteiger partial charge in [-0.25, -0.2) is 0 Å². The third kappa shape index (κ3) is 1.81. The molecule has 0 bridgehead atoms. The molecular weight excluding hydrogens is 276 g/mol. The molecule has 0 aliphatic rings. The van der Waals surface area contributed by atoms with Gasteiger partial charge in [0.1, 0.15) is 5.69 Å². The molecule has 0 aromatic carbocycles. The zero-order valence-electron chi connectivity index (χ0n) is 8.50. The van der Waals surface area contributed by atoms with Crippen LogP contribution in [-0.2, 0) is 6.42 Å². The molecule has 80 valence electrons. The van der Waals surface area contributed by atoms with E-state index in [1.54, 1.807) is 11.3 Å². The summed E-state index contributed by atoms with van der Waals surface area (Å²) < 4.78 is 6.14. The number of rotatable bonds is 2. The molecule has 2 heterocycles. The van der Waals surface area contributed by atoms with Crippen molar-refractivity contribution in [2.45, 2.75) is 20.3 Å². The van der Waals surface area contributed by atoms with Gasteiger partial charge in [0, 0.05) is 5.56 Å². The number of nitrogens with two attached hydrogens (primary N) is 1. The second-order valence-electron chi connectivity index (χ2n) is 3.29. The van der Waals surface area contributed by atoms with E-state index < -0.39 is 0 Å². The number of thiophene rings is 1. The normalized spacial score (nSPS) is 10.9. The molecule has 2 aromatic heterocycles. The van der Waals surface area contributed by atoms with Crippen LogP contribution in [0.15, 0.2) is 14.4 Å². The number of nitrogen functional groups attached to an aromatic ring is 1. The van der Waals surface area contributed by atoms with Crippen LogP contribution in [0.25, 0.3) is 10.6 Å². The number of hydrogen-bond donors (Lipinski definition) is 1. The summed E-state index contributed by atoms with van der Waals surface area (Å²) in [7, 11) is 0. The van der Waals surface area contributed by atoms with Gasteiger partial charge in [-0.15, -0.1) is 11.3 Å². The standard InChI is InChI=1S/C10H11BrN2OS/c1-3-6-8(13-14-10(6)12)7-4-5(2)9(11)15-7/h4H,3,12H2,1-2H3. The van der Waals surface area contributed by atoms with E-state index in [0.29, 0.717) is 5.88 Å². The highest BCUT2D eigenvalue weighted by molar-refractivity contribution is 9.11. The van der Waals surface area contributed by atoms with Gasteiger partial charge < -0.3 is 10.3 Å². The van der Waals surface area contributed by atoms with Crippen LogP contribution < -0.4 is 5.73 Å². The highest BCUT2D eigenvalue weighted by Crippen LogP contribution is 2.37. The van der Waals surface area contributed by atoms with Crippen LogP contribution in [0, 0.1) is 6.92 Å². The molecule has 0 saturated heterocycles. The lowest BCUT2D eigenvalue weighted by atomic mass is 10.1. The van der Waals surface area contributed by atoms with Gasteiger partial charge >= 0.3 is 0 Å². The van der Waals surface area contributed by atoms with Crippen molar-refractivity contribution < 1.29 is 4.52 Å². The molecule has 0 fully saturated rings. The topological polar surface area (TPSA) is 52.0 Å². The first kappa shape index (κ1) is 10.7. The maximum absolute atomic E-state index is 5.70. The zero-order chi connectivity index (χ0) is 11.0. The number of halogens is 1. The largest absolute Gasteiger partial charge is 0.367 e. The van der Waals surface area contributed by atoms with E-state index in [-0.39, 0.29) is 0 Å². The lowest BCUT2D eigenvalue weighted by molar-refractivity contribution is 0.439. The highest BCUT2D eigenvalue weighted by atomic mass is 79.9. The van der Waals surface area contributed by atoms with Gasteiger partial charge in [-0.1, -0.05) is 12.1 Å². The third-order valence-corrected chi connectivity index (χ3v) is 4.41. The van der Waals surface area contributed by atoms with Crippen molar-refractivity contribution in [3.63, 3.8) is 0 Å². The van der Waals surface area contributed by atoms with Gasteiger partial charge in [-0.2, -0.15) is 0 Å². The van der Waals surface area contributed by atoms with E-state index in [4.69, 9.17) is 10.3 Å². The minimum Gasteiger partial charge on any atom is -0.367 e. The van der Waals surface area contributed by atoms with Crippen molar-refractivity contribution in [1.82, 2.24) is 5.16 Å². The Balaban J connectivity index is 2.53. The van der Waals surface area contributed by atoms with Crippen LogP contribution in [0.1, 0.15) is 18.1 Å². The van der Waals surface area contributed by atoms with E-state index in [0.717, 1.165) is 26.3 Å². The summed E-state index contributed by atoms with van der Waals surface area (Å²) in [5.41, 5.74) is 8.76. The molecule has 0 atom stereocenters. The molecular formula is C10H11BrN2OS. The Kier molecular flexibility index (Phi) is 2.84. The molecule has 2 rings (SSSR count). The van der Waals surface area contributed by atoms with E-state index in [9.17, 15) is 0 Å². The lowest BCUT2D eigenvalue weighted by Crippen LogP contribution is -1.88. The van der Waals surface area contributed by atoms with E-state index in [1.165, 1.54) is 5.56 Å². The molecule has 0 unspecified atom stereocenters. The number of hydrogen-bond acceptors (Lipinski definition) is 4. The first-order chi connectivity index (χ1) is 7.13. The molecule has 0 saturated carbocycles. The average Bonchev–Trinajstić information content (AvgIpc) is 2.71. The molecule has 15 heavy (non-hydrogen) atoms. The highest BCUT2D eigenvalue weighted by Gasteiger charge is 2.16.